The number of aryl methyl sites for hydroxylation is 1. The molecule has 2 bridgehead atoms. The van der Waals surface area contributed by atoms with Gasteiger partial charge in [-0.3, -0.25) is 4.90 Å². The molecule has 2 fully saturated rings. The van der Waals surface area contributed by atoms with Crippen LogP contribution in [0.3, 0.4) is 0 Å². The molecule has 1 N–H and O–H groups in total. The van der Waals surface area contributed by atoms with Crippen molar-refractivity contribution in [1.29, 1.82) is 0 Å². The van der Waals surface area contributed by atoms with Gasteiger partial charge in [-0.05, 0) is 49.3 Å². The highest BCUT2D eigenvalue weighted by molar-refractivity contribution is 5.27. The van der Waals surface area contributed by atoms with Crippen LogP contribution in [0.2, 0.25) is 0 Å². The van der Waals surface area contributed by atoms with Crippen LogP contribution in [-0.4, -0.2) is 27.7 Å². The molecule has 2 aromatic rings. The van der Waals surface area contributed by atoms with Crippen LogP contribution in [0.1, 0.15) is 42.4 Å². The maximum Gasteiger partial charge on any atom is 0.129 e. The number of nitrogens with zero attached hydrogens (tertiary/aromatic N) is 1. The van der Waals surface area contributed by atoms with E-state index in [0.717, 1.165) is 32.2 Å². The molecule has 2 atom stereocenters. The molecule has 3 heteroatoms. The van der Waals surface area contributed by atoms with Gasteiger partial charge in [-0.2, -0.15) is 0 Å². The fourth-order valence-corrected chi connectivity index (χ4v) is 4.81. The summed E-state index contributed by atoms with van der Waals surface area (Å²) in [6, 6.07) is 16.8. The van der Waals surface area contributed by atoms with Crippen LogP contribution in [-0.2, 0) is 13.0 Å². The summed E-state index contributed by atoms with van der Waals surface area (Å²) in [6.45, 7) is 2.74. The van der Waals surface area contributed by atoms with Gasteiger partial charge in [0.1, 0.15) is 5.82 Å². The van der Waals surface area contributed by atoms with Crippen molar-refractivity contribution in [2.45, 2.75) is 63.3 Å². The Bertz CT molecular complexity index is 731. The van der Waals surface area contributed by atoms with Crippen LogP contribution in [0.5, 0.6) is 0 Å². The second-order valence-corrected chi connectivity index (χ2v) is 7.90. The Balaban J connectivity index is 1.49. The lowest BCUT2D eigenvalue weighted by atomic mass is 9.81. The minimum atomic E-state index is -0.784. The molecule has 2 unspecified atom stereocenters. The van der Waals surface area contributed by atoms with Crippen LogP contribution >= 0.6 is 0 Å². The SMILES string of the molecule is Cc1cccc(CC2(O)CC3CCC(C2)N3Cc2ccccc2)c1F. The molecule has 0 aromatic heterocycles. The lowest BCUT2D eigenvalue weighted by Crippen LogP contribution is -2.51. The number of piperidine rings is 1. The Morgan fingerprint density at radius 3 is 2.40 bits per heavy atom. The Labute approximate surface area is 149 Å². The minimum Gasteiger partial charge on any atom is -0.389 e. The van der Waals surface area contributed by atoms with Gasteiger partial charge in [0.15, 0.2) is 0 Å². The second-order valence-electron chi connectivity index (χ2n) is 7.90. The number of hydrogen-bond acceptors (Lipinski definition) is 2. The monoisotopic (exact) mass is 339 g/mol. The zero-order chi connectivity index (χ0) is 17.4. The lowest BCUT2D eigenvalue weighted by molar-refractivity contribution is -0.0544. The number of hydrogen-bond donors (Lipinski definition) is 1. The quantitative estimate of drug-likeness (QED) is 0.901. The first-order valence-corrected chi connectivity index (χ1v) is 9.30. The lowest BCUT2D eigenvalue weighted by Gasteiger charge is -2.44. The van der Waals surface area contributed by atoms with E-state index in [2.05, 4.69) is 29.2 Å². The van der Waals surface area contributed by atoms with Crippen molar-refractivity contribution in [3.8, 4) is 0 Å². The molecule has 2 nitrogen and oxygen atoms in total. The molecule has 25 heavy (non-hydrogen) atoms. The molecule has 132 valence electrons. The van der Waals surface area contributed by atoms with Crippen LogP contribution in [0.15, 0.2) is 48.5 Å². The maximum absolute atomic E-state index is 14.4. The first kappa shape index (κ1) is 16.7. The van der Waals surface area contributed by atoms with Gasteiger partial charge in [0.05, 0.1) is 5.60 Å². The molecular weight excluding hydrogens is 313 g/mol. The van der Waals surface area contributed by atoms with E-state index in [9.17, 15) is 9.50 Å². The zero-order valence-electron chi connectivity index (χ0n) is 14.8. The van der Waals surface area contributed by atoms with Crippen LogP contribution in [0.4, 0.5) is 4.39 Å². The van der Waals surface area contributed by atoms with Gasteiger partial charge in [-0.25, -0.2) is 4.39 Å². The number of benzene rings is 2. The summed E-state index contributed by atoms with van der Waals surface area (Å²) in [5.41, 5.74) is 1.85. The molecule has 2 aliphatic heterocycles. The van der Waals surface area contributed by atoms with Crippen molar-refractivity contribution >= 4 is 0 Å². The summed E-state index contributed by atoms with van der Waals surface area (Å²) < 4.78 is 14.4. The van der Waals surface area contributed by atoms with E-state index < -0.39 is 5.60 Å². The van der Waals surface area contributed by atoms with E-state index >= 15 is 0 Å². The molecule has 2 saturated heterocycles. The predicted molar refractivity (Wildman–Crippen MR) is 97.8 cm³/mol. The molecule has 0 spiro atoms. The van der Waals surface area contributed by atoms with E-state index in [1.807, 2.05) is 18.2 Å². The Morgan fingerprint density at radius 1 is 1.04 bits per heavy atom. The third-order valence-electron chi connectivity index (χ3n) is 6.00. The van der Waals surface area contributed by atoms with Gasteiger partial charge in [-0.1, -0.05) is 48.5 Å². The molecule has 0 aliphatic carbocycles. The van der Waals surface area contributed by atoms with Crippen molar-refractivity contribution in [2.75, 3.05) is 0 Å². The van der Waals surface area contributed by atoms with E-state index in [4.69, 9.17) is 0 Å². The molecule has 0 saturated carbocycles. The summed E-state index contributed by atoms with van der Waals surface area (Å²) in [6.07, 6.45) is 4.17. The first-order chi connectivity index (χ1) is 12.0. The number of fused-ring (bicyclic) bond motifs is 2. The van der Waals surface area contributed by atoms with Crippen LogP contribution < -0.4 is 0 Å². The highest BCUT2D eigenvalue weighted by atomic mass is 19.1. The fourth-order valence-electron chi connectivity index (χ4n) is 4.81. The molecule has 2 heterocycles. The van der Waals surface area contributed by atoms with Gasteiger partial charge in [0.2, 0.25) is 0 Å². The van der Waals surface area contributed by atoms with Gasteiger partial charge in [0.25, 0.3) is 0 Å². The predicted octanol–water partition coefficient (Wildman–Crippen LogP) is 4.23. The highest BCUT2D eigenvalue weighted by Crippen LogP contribution is 2.43. The second kappa shape index (κ2) is 6.54. The summed E-state index contributed by atoms with van der Waals surface area (Å²) >= 11 is 0. The Hall–Kier alpha value is -1.71. The molecule has 4 rings (SSSR count). The normalized spacial score (nSPS) is 29.1. The van der Waals surface area contributed by atoms with Crippen LogP contribution in [0.25, 0.3) is 0 Å². The zero-order valence-corrected chi connectivity index (χ0v) is 14.8. The summed E-state index contributed by atoms with van der Waals surface area (Å²) in [5.74, 6) is -0.157. The molecule has 2 aromatic carbocycles. The topological polar surface area (TPSA) is 23.5 Å². The fraction of sp³-hybridized carbons (Fsp3) is 0.455. The highest BCUT2D eigenvalue weighted by Gasteiger charge is 2.47. The molecule has 2 aliphatic rings. The number of rotatable bonds is 4. The summed E-state index contributed by atoms with van der Waals surface area (Å²) in [5, 5.41) is 11.2. The Morgan fingerprint density at radius 2 is 1.72 bits per heavy atom. The van der Waals surface area contributed by atoms with E-state index in [1.54, 1.807) is 13.0 Å². The number of halogens is 1. The standard InChI is InChI=1S/C22H26FNO/c1-16-6-5-9-18(21(16)23)12-22(25)13-19-10-11-20(14-22)24(19)15-17-7-3-2-4-8-17/h2-9,19-20,25H,10-15H2,1H3. The van der Waals surface area contributed by atoms with Gasteiger partial charge in [-0.15, -0.1) is 0 Å². The third-order valence-corrected chi connectivity index (χ3v) is 6.00. The maximum atomic E-state index is 14.4. The van der Waals surface area contributed by atoms with Gasteiger partial charge < -0.3 is 5.11 Å². The molecular formula is C22H26FNO. The molecule has 0 radical (unpaired) electrons. The smallest absolute Gasteiger partial charge is 0.129 e. The van der Waals surface area contributed by atoms with E-state index in [1.165, 1.54) is 5.56 Å². The largest absolute Gasteiger partial charge is 0.389 e. The summed E-state index contributed by atoms with van der Waals surface area (Å²) in [4.78, 5) is 2.55. The van der Waals surface area contributed by atoms with Gasteiger partial charge in [0, 0.05) is 25.0 Å². The van der Waals surface area contributed by atoms with Crippen molar-refractivity contribution in [3.05, 3.63) is 71.0 Å². The Kier molecular flexibility index (Phi) is 4.38. The first-order valence-electron chi connectivity index (χ1n) is 9.30. The van der Waals surface area contributed by atoms with Crippen LogP contribution in [0, 0.1) is 12.7 Å². The van der Waals surface area contributed by atoms with Crippen molar-refractivity contribution in [3.63, 3.8) is 0 Å². The van der Waals surface area contributed by atoms with Crippen molar-refractivity contribution in [2.24, 2.45) is 0 Å². The van der Waals surface area contributed by atoms with Crippen molar-refractivity contribution in [1.82, 2.24) is 4.90 Å². The average Bonchev–Trinajstić information content (AvgIpc) is 2.84. The third kappa shape index (κ3) is 3.36. The summed E-state index contributed by atoms with van der Waals surface area (Å²) in [7, 11) is 0. The van der Waals surface area contributed by atoms with Crippen molar-refractivity contribution < 1.29 is 9.50 Å². The van der Waals surface area contributed by atoms with E-state index in [-0.39, 0.29) is 5.82 Å². The van der Waals surface area contributed by atoms with E-state index in [0.29, 0.717) is 29.6 Å². The average molecular weight is 339 g/mol. The molecule has 0 amide bonds. The van der Waals surface area contributed by atoms with Gasteiger partial charge >= 0.3 is 0 Å². The minimum absolute atomic E-state index is 0.157. The number of aliphatic hydroxyl groups is 1.